The highest BCUT2D eigenvalue weighted by Gasteiger charge is 2.19. The molecule has 3 nitrogen and oxygen atoms in total. The van der Waals surface area contributed by atoms with E-state index >= 15 is 0 Å². The van der Waals surface area contributed by atoms with E-state index in [-0.39, 0.29) is 0 Å². The largest absolute Gasteiger partial charge is 0.309 e. The Kier molecular flexibility index (Phi) is 6.55. The van der Waals surface area contributed by atoms with Crippen LogP contribution in [0.1, 0.15) is 0 Å². The van der Waals surface area contributed by atoms with Gasteiger partial charge in [-0.05, 0) is 92.0 Å². The second-order valence-electron chi connectivity index (χ2n) is 13.8. The fourth-order valence-electron chi connectivity index (χ4n) is 8.16. The topological polar surface area (TPSA) is 30.7 Å². The Morgan fingerprint density at radius 2 is 1.00 bits per heavy atom. The molecule has 0 fully saturated rings. The van der Waals surface area contributed by atoms with Crippen molar-refractivity contribution < 1.29 is 0 Å². The maximum absolute atomic E-state index is 5.50. The van der Waals surface area contributed by atoms with Crippen LogP contribution in [0.3, 0.4) is 0 Å². The van der Waals surface area contributed by atoms with Gasteiger partial charge in [-0.2, -0.15) is 0 Å². The van der Waals surface area contributed by atoms with Crippen molar-refractivity contribution in [2.24, 2.45) is 0 Å². The van der Waals surface area contributed by atoms with Gasteiger partial charge in [0.25, 0.3) is 0 Å². The maximum Gasteiger partial charge on any atom is 0.161 e. The minimum Gasteiger partial charge on any atom is -0.309 e. The van der Waals surface area contributed by atoms with Crippen LogP contribution in [-0.2, 0) is 0 Å². The van der Waals surface area contributed by atoms with Gasteiger partial charge < -0.3 is 4.57 Å². The molecule has 2 heterocycles. The number of hydrogen-bond donors (Lipinski definition) is 0. The number of fused-ring (bicyclic) bond motifs is 7. The van der Waals surface area contributed by atoms with E-state index in [2.05, 4.69) is 193 Å². The van der Waals surface area contributed by atoms with Crippen molar-refractivity contribution in [3.8, 4) is 39.5 Å². The van der Waals surface area contributed by atoms with Gasteiger partial charge in [-0.15, -0.1) is 0 Å². The lowest BCUT2D eigenvalue weighted by atomic mass is 9.98. The first-order chi connectivity index (χ1) is 26.2. The Bertz CT molecular complexity index is 3230. The molecular formula is C50H31N3. The molecule has 2 aromatic heterocycles. The lowest BCUT2D eigenvalue weighted by Gasteiger charge is -2.15. The minimum atomic E-state index is 0.706. The first-order valence-electron chi connectivity index (χ1n) is 18.1. The number of hydrogen-bond acceptors (Lipinski definition) is 2. The molecule has 3 heteroatoms. The smallest absolute Gasteiger partial charge is 0.161 e. The fourth-order valence-corrected chi connectivity index (χ4v) is 8.16. The summed E-state index contributed by atoms with van der Waals surface area (Å²) in [7, 11) is 0. The van der Waals surface area contributed by atoms with E-state index in [0.717, 1.165) is 49.7 Å². The Hall–Kier alpha value is -7.10. The molecule has 0 atom stereocenters. The summed E-state index contributed by atoms with van der Waals surface area (Å²) in [6.45, 7) is 0. The molecule has 246 valence electrons. The Morgan fingerprint density at radius 1 is 0.340 bits per heavy atom. The second-order valence-corrected chi connectivity index (χ2v) is 13.8. The van der Waals surface area contributed by atoms with Gasteiger partial charge in [-0.25, -0.2) is 9.97 Å². The summed E-state index contributed by atoms with van der Waals surface area (Å²) in [5, 5.41) is 10.6. The Morgan fingerprint density at radius 3 is 1.83 bits per heavy atom. The van der Waals surface area contributed by atoms with E-state index < -0.39 is 0 Å². The summed E-state index contributed by atoms with van der Waals surface area (Å²) in [6, 6.07) is 67.5. The normalized spacial score (nSPS) is 11.8. The highest BCUT2D eigenvalue weighted by molar-refractivity contribution is 6.14. The molecule has 11 rings (SSSR count). The van der Waals surface area contributed by atoms with Crippen LogP contribution in [-0.4, -0.2) is 14.5 Å². The highest BCUT2D eigenvalue weighted by Crippen LogP contribution is 2.39. The quantitative estimate of drug-likeness (QED) is 0.186. The summed E-state index contributed by atoms with van der Waals surface area (Å²) < 4.78 is 2.41. The van der Waals surface area contributed by atoms with Gasteiger partial charge in [0.1, 0.15) is 0 Å². The molecule has 0 spiro atoms. The molecule has 0 saturated heterocycles. The third kappa shape index (κ3) is 4.82. The van der Waals surface area contributed by atoms with Gasteiger partial charge in [-0.3, -0.25) is 0 Å². The number of rotatable bonds is 4. The van der Waals surface area contributed by atoms with E-state index in [1.54, 1.807) is 0 Å². The molecule has 0 unspecified atom stereocenters. The first kappa shape index (κ1) is 29.6. The molecule has 0 aliphatic carbocycles. The van der Waals surface area contributed by atoms with Crippen LogP contribution in [0.15, 0.2) is 188 Å². The van der Waals surface area contributed by atoms with E-state index in [1.165, 1.54) is 48.9 Å². The third-order valence-corrected chi connectivity index (χ3v) is 10.7. The van der Waals surface area contributed by atoms with Crippen molar-refractivity contribution in [1.82, 2.24) is 14.5 Å². The van der Waals surface area contributed by atoms with Crippen molar-refractivity contribution in [2.45, 2.75) is 0 Å². The van der Waals surface area contributed by atoms with Crippen molar-refractivity contribution in [3.63, 3.8) is 0 Å². The van der Waals surface area contributed by atoms with Crippen LogP contribution in [0.5, 0.6) is 0 Å². The molecule has 11 aromatic rings. The molecular weight excluding hydrogens is 643 g/mol. The van der Waals surface area contributed by atoms with Crippen molar-refractivity contribution >= 4 is 65.0 Å². The van der Waals surface area contributed by atoms with Crippen molar-refractivity contribution in [1.29, 1.82) is 0 Å². The number of benzene rings is 9. The summed E-state index contributed by atoms with van der Waals surface area (Å²) >= 11 is 0. The van der Waals surface area contributed by atoms with Crippen LogP contribution >= 0.6 is 0 Å². The van der Waals surface area contributed by atoms with Gasteiger partial charge >= 0.3 is 0 Å². The summed E-state index contributed by atoms with van der Waals surface area (Å²) in [5.41, 5.74) is 9.64. The number of nitrogens with zero attached hydrogens (tertiary/aromatic N) is 3. The van der Waals surface area contributed by atoms with Crippen molar-refractivity contribution in [3.05, 3.63) is 188 Å². The number of aromatic nitrogens is 3. The van der Waals surface area contributed by atoms with Crippen LogP contribution in [0.25, 0.3) is 104 Å². The average molecular weight is 674 g/mol. The summed E-state index contributed by atoms with van der Waals surface area (Å²) in [6.07, 6.45) is 0. The molecule has 0 radical (unpaired) electrons. The predicted octanol–water partition coefficient (Wildman–Crippen LogP) is 13.2. The van der Waals surface area contributed by atoms with Crippen LogP contribution < -0.4 is 0 Å². The standard InChI is InChI=1S/C50H31N3/c1-2-12-32(13-3-1)37-24-25-46-45(29-37)49(39-23-22-33-14-4-5-15-34(33)26-39)52-50(51-46)44-31-40(27-38-18-8-9-19-41(38)44)53-47-21-11-10-20-42(47)43-28-35-16-6-7-17-36(35)30-48(43)53/h1-31H. The predicted molar refractivity (Wildman–Crippen MR) is 223 cm³/mol. The van der Waals surface area contributed by atoms with Gasteiger partial charge in [0.05, 0.1) is 22.2 Å². The van der Waals surface area contributed by atoms with E-state index in [9.17, 15) is 0 Å². The molecule has 0 bridgehead atoms. The molecule has 9 aromatic carbocycles. The van der Waals surface area contributed by atoms with Crippen LogP contribution in [0, 0.1) is 0 Å². The second kappa shape index (κ2) is 11.7. The van der Waals surface area contributed by atoms with Gasteiger partial charge in [-0.1, -0.05) is 140 Å². The fraction of sp³-hybridized carbons (Fsp3) is 0. The minimum absolute atomic E-state index is 0.706. The Balaban J connectivity index is 1.20. The lowest BCUT2D eigenvalue weighted by Crippen LogP contribution is -1.99. The zero-order chi connectivity index (χ0) is 34.9. The van der Waals surface area contributed by atoms with Gasteiger partial charge in [0.15, 0.2) is 5.82 Å². The maximum atomic E-state index is 5.50. The van der Waals surface area contributed by atoms with Crippen LogP contribution in [0.4, 0.5) is 0 Å². The molecule has 0 amide bonds. The molecule has 53 heavy (non-hydrogen) atoms. The monoisotopic (exact) mass is 673 g/mol. The molecule has 0 aliphatic rings. The molecule has 0 aliphatic heterocycles. The zero-order valence-electron chi connectivity index (χ0n) is 28.7. The summed E-state index contributed by atoms with van der Waals surface area (Å²) in [5.74, 6) is 0.706. The lowest BCUT2D eigenvalue weighted by molar-refractivity contribution is 1.18. The number of para-hydroxylation sites is 1. The van der Waals surface area contributed by atoms with Crippen LogP contribution in [0.2, 0.25) is 0 Å². The molecule has 0 N–H and O–H groups in total. The third-order valence-electron chi connectivity index (χ3n) is 10.7. The van der Waals surface area contributed by atoms with Gasteiger partial charge in [0, 0.05) is 33.0 Å². The summed E-state index contributed by atoms with van der Waals surface area (Å²) in [4.78, 5) is 10.8. The van der Waals surface area contributed by atoms with E-state index in [0.29, 0.717) is 5.82 Å². The zero-order valence-corrected chi connectivity index (χ0v) is 28.7. The SMILES string of the molecule is c1ccc(-c2ccc3nc(-c4cc(-n5c6ccccc6c6cc7ccccc7cc65)cc5ccccc45)nc(-c4ccc5ccccc5c4)c3c2)cc1. The van der Waals surface area contributed by atoms with Gasteiger partial charge in [0.2, 0.25) is 0 Å². The van der Waals surface area contributed by atoms with E-state index in [4.69, 9.17) is 9.97 Å². The molecule has 0 saturated carbocycles. The highest BCUT2D eigenvalue weighted by atomic mass is 15.0. The van der Waals surface area contributed by atoms with Crippen molar-refractivity contribution in [2.75, 3.05) is 0 Å². The Labute approximate surface area is 306 Å². The van der Waals surface area contributed by atoms with E-state index in [1.807, 2.05) is 0 Å². The average Bonchev–Trinajstić information content (AvgIpc) is 3.55. The first-order valence-corrected chi connectivity index (χ1v) is 18.1.